The second kappa shape index (κ2) is 5.59. The van der Waals surface area contributed by atoms with Crippen LogP contribution in [0, 0.1) is 0 Å². The summed E-state index contributed by atoms with van der Waals surface area (Å²) in [6.07, 6.45) is 0.918. The number of benzene rings is 1. The molecule has 4 heteroatoms. The topological polar surface area (TPSA) is 50.7 Å². The number of fused-ring (bicyclic) bond motifs is 1. The highest BCUT2D eigenvalue weighted by molar-refractivity contribution is 5.43. The van der Waals surface area contributed by atoms with E-state index >= 15 is 0 Å². The van der Waals surface area contributed by atoms with E-state index in [0.717, 1.165) is 23.5 Å². The van der Waals surface area contributed by atoms with Crippen molar-refractivity contribution in [2.45, 2.75) is 32.4 Å². The van der Waals surface area contributed by atoms with Crippen LogP contribution in [0.15, 0.2) is 18.2 Å². The van der Waals surface area contributed by atoms with Crippen LogP contribution in [0.1, 0.15) is 25.8 Å². The molecule has 100 valence electrons. The van der Waals surface area contributed by atoms with Gasteiger partial charge in [0, 0.05) is 19.5 Å². The molecule has 0 fully saturated rings. The Hall–Kier alpha value is -1.26. The van der Waals surface area contributed by atoms with E-state index in [-0.39, 0.29) is 0 Å². The van der Waals surface area contributed by atoms with Crippen molar-refractivity contribution in [1.82, 2.24) is 5.32 Å². The third-order valence-corrected chi connectivity index (χ3v) is 2.70. The Kier molecular flexibility index (Phi) is 4.09. The van der Waals surface area contributed by atoms with Crippen LogP contribution in [0.3, 0.4) is 0 Å². The van der Waals surface area contributed by atoms with Crippen molar-refractivity contribution in [3.8, 4) is 11.5 Å². The average molecular weight is 251 g/mol. The van der Waals surface area contributed by atoms with Crippen molar-refractivity contribution in [2.75, 3.05) is 19.8 Å². The lowest BCUT2D eigenvalue weighted by molar-refractivity contribution is 0.0795. The molecule has 0 aromatic heterocycles. The second-order valence-corrected chi connectivity index (χ2v) is 5.25. The van der Waals surface area contributed by atoms with Gasteiger partial charge in [-0.1, -0.05) is 6.07 Å². The van der Waals surface area contributed by atoms with E-state index in [0.29, 0.717) is 26.3 Å². The molecule has 0 radical (unpaired) electrons. The maximum Gasteiger partial charge on any atom is 0.161 e. The molecule has 0 saturated heterocycles. The number of aliphatic hydroxyl groups is 1. The molecule has 0 saturated carbocycles. The summed E-state index contributed by atoms with van der Waals surface area (Å²) in [5, 5.41) is 12.8. The zero-order valence-corrected chi connectivity index (χ0v) is 11.0. The van der Waals surface area contributed by atoms with Gasteiger partial charge >= 0.3 is 0 Å². The van der Waals surface area contributed by atoms with Crippen LogP contribution in [0.5, 0.6) is 11.5 Å². The zero-order chi connectivity index (χ0) is 13.0. The quantitative estimate of drug-likeness (QED) is 0.855. The van der Waals surface area contributed by atoms with Gasteiger partial charge in [-0.25, -0.2) is 0 Å². The van der Waals surface area contributed by atoms with Gasteiger partial charge in [0.15, 0.2) is 11.5 Å². The first kappa shape index (κ1) is 13.2. The van der Waals surface area contributed by atoms with E-state index in [1.54, 1.807) is 13.8 Å². The van der Waals surface area contributed by atoms with Crippen LogP contribution < -0.4 is 14.8 Å². The van der Waals surface area contributed by atoms with Crippen molar-refractivity contribution in [1.29, 1.82) is 0 Å². The predicted molar refractivity (Wildman–Crippen MR) is 70.1 cm³/mol. The average Bonchev–Trinajstić information content (AvgIpc) is 2.51. The SMILES string of the molecule is CC(C)(O)CNCc1ccc2c(c1)OCCCO2. The van der Waals surface area contributed by atoms with E-state index < -0.39 is 5.60 Å². The molecular formula is C14H21NO3. The monoisotopic (exact) mass is 251 g/mol. The van der Waals surface area contributed by atoms with E-state index in [1.165, 1.54) is 0 Å². The van der Waals surface area contributed by atoms with E-state index in [2.05, 4.69) is 5.32 Å². The number of hydrogen-bond acceptors (Lipinski definition) is 4. The standard InChI is InChI=1S/C14H21NO3/c1-14(2,16)10-15-9-11-4-5-12-13(8-11)18-7-3-6-17-12/h4-5,8,15-16H,3,6-7,9-10H2,1-2H3. The van der Waals surface area contributed by atoms with Crippen LogP contribution >= 0.6 is 0 Å². The van der Waals surface area contributed by atoms with Crippen molar-refractivity contribution in [3.05, 3.63) is 23.8 Å². The highest BCUT2D eigenvalue weighted by Crippen LogP contribution is 2.30. The first-order valence-electron chi connectivity index (χ1n) is 6.36. The summed E-state index contributed by atoms with van der Waals surface area (Å²) >= 11 is 0. The fourth-order valence-electron chi connectivity index (χ4n) is 1.83. The van der Waals surface area contributed by atoms with Crippen LogP contribution in [0.2, 0.25) is 0 Å². The molecule has 2 N–H and O–H groups in total. The molecule has 0 aliphatic carbocycles. The highest BCUT2D eigenvalue weighted by Gasteiger charge is 2.13. The van der Waals surface area contributed by atoms with Crippen molar-refractivity contribution in [2.24, 2.45) is 0 Å². The van der Waals surface area contributed by atoms with E-state index in [1.807, 2.05) is 18.2 Å². The van der Waals surface area contributed by atoms with Gasteiger partial charge in [-0.3, -0.25) is 0 Å². The lowest BCUT2D eigenvalue weighted by Crippen LogP contribution is -2.34. The summed E-state index contributed by atoms with van der Waals surface area (Å²) in [4.78, 5) is 0. The van der Waals surface area contributed by atoms with Gasteiger partial charge in [0.05, 0.1) is 18.8 Å². The Labute approximate surface area is 108 Å². The highest BCUT2D eigenvalue weighted by atomic mass is 16.5. The summed E-state index contributed by atoms with van der Waals surface area (Å²) in [5.41, 5.74) is 0.439. The lowest BCUT2D eigenvalue weighted by Gasteiger charge is -2.18. The third-order valence-electron chi connectivity index (χ3n) is 2.70. The lowest BCUT2D eigenvalue weighted by atomic mass is 10.1. The number of ether oxygens (including phenoxy) is 2. The minimum Gasteiger partial charge on any atom is -0.490 e. The number of nitrogens with one attached hydrogen (secondary N) is 1. The Balaban J connectivity index is 1.96. The Bertz CT molecular complexity index is 399. The summed E-state index contributed by atoms with van der Waals surface area (Å²) in [7, 11) is 0. The molecule has 0 spiro atoms. The Morgan fingerprint density at radius 1 is 1.22 bits per heavy atom. The summed E-state index contributed by atoms with van der Waals surface area (Å²) in [5.74, 6) is 1.63. The second-order valence-electron chi connectivity index (χ2n) is 5.25. The van der Waals surface area contributed by atoms with Crippen molar-refractivity contribution < 1.29 is 14.6 Å². The number of rotatable bonds is 4. The maximum atomic E-state index is 9.62. The first-order valence-corrected chi connectivity index (χ1v) is 6.36. The van der Waals surface area contributed by atoms with Gasteiger partial charge in [-0.15, -0.1) is 0 Å². The molecule has 1 heterocycles. The summed E-state index contributed by atoms with van der Waals surface area (Å²) in [6, 6.07) is 5.96. The zero-order valence-electron chi connectivity index (χ0n) is 11.0. The fourth-order valence-corrected chi connectivity index (χ4v) is 1.83. The van der Waals surface area contributed by atoms with Crippen LogP contribution in [0.4, 0.5) is 0 Å². The molecule has 0 atom stereocenters. The summed E-state index contributed by atoms with van der Waals surface area (Å²) in [6.45, 7) is 6.25. The summed E-state index contributed by atoms with van der Waals surface area (Å²) < 4.78 is 11.2. The predicted octanol–water partition coefficient (Wildman–Crippen LogP) is 1.71. The van der Waals surface area contributed by atoms with E-state index in [4.69, 9.17) is 9.47 Å². The molecule has 1 aromatic rings. The van der Waals surface area contributed by atoms with E-state index in [9.17, 15) is 5.11 Å². The van der Waals surface area contributed by atoms with Crippen molar-refractivity contribution >= 4 is 0 Å². The smallest absolute Gasteiger partial charge is 0.161 e. The molecule has 0 amide bonds. The number of hydrogen-bond donors (Lipinski definition) is 2. The van der Waals surface area contributed by atoms with Crippen LogP contribution in [-0.4, -0.2) is 30.5 Å². The molecule has 4 nitrogen and oxygen atoms in total. The molecular weight excluding hydrogens is 230 g/mol. The fraction of sp³-hybridized carbons (Fsp3) is 0.571. The maximum absolute atomic E-state index is 9.62. The normalized spacial score (nSPS) is 15.3. The van der Waals surface area contributed by atoms with Gasteiger partial charge in [-0.2, -0.15) is 0 Å². The van der Waals surface area contributed by atoms with Crippen molar-refractivity contribution in [3.63, 3.8) is 0 Å². The van der Waals surface area contributed by atoms with Gasteiger partial charge in [0.1, 0.15) is 0 Å². The van der Waals surface area contributed by atoms with Crippen LogP contribution in [0.25, 0.3) is 0 Å². The van der Waals surface area contributed by atoms with Gasteiger partial charge in [0.25, 0.3) is 0 Å². The Morgan fingerprint density at radius 3 is 2.67 bits per heavy atom. The molecule has 0 unspecified atom stereocenters. The van der Waals surface area contributed by atoms with Crippen LogP contribution in [-0.2, 0) is 6.54 Å². The minimum atomic E-state index is -0.689. The third kappa shape index (κ3) is 3.89. The minimum absolute atomic E-state index is 0.557. The van der Waals surface area contributed by atoms with Gasteiger partial charge in [0.2, 0.25) is 0 Å². The Morgan fingerprint density at radius 2 is 1.94 bits per heavy atom. The molecule has 18 heavy (non-hydrogen) atoms. The molecule has 1 aromatic carbocycles. The molecule has 1 aliphatic heterocycles. The largest absolute Gasteiger partial charge is 0.490 e. The van der Waals surface area contributed by atoms with Gasteiger partial charge < -0.3 is 19.9 Å². The molecule has 0 bridgehead atoms. The first-order chi connectivity index (χ1) is 8.54. The molecule has 1 aliphatic rings. The molecule has 2 rings (SSSR count). The van der Waals surface area contributed by atoms with Gasteiger partial charge in [-0.05, 0) is 31.5 Å².